The number of nitrogens with one attached hydrogen (secondary N) is 1. The van der Waals surface area contributed by atoms with Crippen LogP contribution in [0, 0.1) is 18.7 Å². The predicted octanol–water partition coefficient (Wildman–Crippen LogP) is 2.85. The van der Waals surface area contributed by atoms with E-state index in [2.05, 4.69) is 12.2 Å². The van der Waals surface area contributed by atoms with Crippen molar-refractivity contribution >= 4 is 0 Å². The Kier molecular flexibility index (Phi) is 3.06. The van der Waals surface area contributed by atoms with Crippen molar-refractivity contribution in [3.63, 3.8) is 0 Å². The number of hydrogen-bond acceptors (Lipinski definition) is 1. The summed E-state index contributed by atoms with van der Waals surface area (Å²) < 4.78 is 13.0. The molecule has 1 fully saturated rings. The lowest BCUT2D eigenvalue weighted by Gasteiger charge is -2.30. The smallest absolute Gasteiger partial charge is 0.123 e. The van der Waals surface area contributed by atoms with Crippen LogP contribution in [0.3, 0.4) is 0 Å². The van der Waals surface area contributed by atoms with Crippen molar-refractivity contribution in [2.24, 2.45) is 5.92 Å². The molecule has 1 saturated heterocycles. The van der Waals surface area contributed by atoms with Crippen molar-refractivity contribution in [3.8, 4) is 0 Å². The third kappa shape index (κ3) is 2.20. The fourth-order valence-electron chi connectivity index (χ4n) is 2.53. The van der Waals surface area contributed by atoms with Crippen LogP contribution in [0.25, 0.3) is 0 Å². The molecule has 1 aliphatic rings. The largest absolute Gasteiger partial charge is 0.316 e. The SMILES string of the molecule is Cc1cc(F)ccc1[C@@H]1CCNC[C@@H]1C. The van der Waals surface area contributed by atoms with Crippen molar-refractivity contribution < 1.29 is 4.39 Å². The van der Waals surface area contributed by atoms with Gasteiger partial charge in [0.2, 0.25) is 0 Å². The third-order valence-corrected chi connectivity index (χ3v) is 3.42. The Hall–Kier alpha value is -0.890. The minimum atomic E-state index is -0.127. The van der Waals surface area contributed by atoms with Gasteiger partial charge in [0.1, 0.15) is 5.82 Å². The van der Waals surface area contributed by atoms with Gasteiger partial charge >= 0.3 is 0 Å². The molecule has 1 aromatic rings. The van der Waals surface area contributed by atoms with Crippen molar-refractivity contribution in [1.82, 2.24) is 5.32 Å². The number of piperidine rings is 1. The molecule has 0 aliphatic carbocycles. The second-order valence-corrected chi connectivity index (χ2v) is 4.58. The minimum Gasteiger partial charge on any atom is -0.316 e. The lowest BCUT2D eigenvalue weighted by Crippen LogP contribution is -2.34. The van der Waals surface area contributed by atoms with E-state index in [4.69, 9.17) is 0 Å². The molecular weight excluding hydrogens is 189 g/mol. The maximum absolute atomic E-state index is 13.0. The van der Waals surface area contributed by atoms with E-state index in [1.165, 1.54) is 5.56 Å². The second-order valence-electron chi connectivity index (χ2n) is 4.58. The van der Waals surface area contributed by atoms with E-state index in [1.54, 1.807) is 12.1 Å². The Balaban J connectivity index is 2.27. The topological polar surface area (TPSA) is 12.0 Å². The Morgan fingerprint density at radius 2 is 2.20 bits per heavy atom. The van der Waals surface area contributed by atoms with Crippen LogP contribution in [0.4, 0.5) is 4.39 Å². The van der Waals surface area contributed by atoms with Crippen LogP contribution in [0.2, 0.25) is 0 Å². The van der Waals surface area contributed by atoms with E-state index >= 15 is 0 Å². The number of hydrogen-bond donors (Lipinski definition) is 1. The molecule has 2 atom stereocenters. The first-order valence-corrected chi connectivity index (χ1v) is 5.65. The summed E-state index contributed by atoms with van der Waals surface area (Å²) in [5.41, 5.74) is 2.42. The highest BCUT2D eigenvalue weighted by Crippen LogP contribution is 2.32. The van der Waals surface area contributed by atoms with Gasteiger partial charge < -0.3 is 5.32 Å². The molecule has 15 heavy (non-hydrogen) atoms. The summed E-state index contributed by atoms with van der Waals surface area (Å²) >= 11 is 0. The number of benzene rings is 1. The van der Waals surface area contributed by atoms with Crippen LogP contribution in [0.5, 0.6) is 0 Å². The molecule has 0 bridgehead atoms. The standard InChI is InChI=1S/C13H18FN/c1-9-7-11(14)3-4-12(9)13-5-6-15-8-10(13)2/h3-4,7,10,13,15H,5-6,8H2,1-2H3/t10-,13+/m0/s1. The highest BCUT2D eigenvalue weighted by molar-refractivity contribution is 5.30. The lowest BCUT2D eigenvalue weighted by molar-refractivity contribution is 0.348. The van der Waals surface area contributed by atoms with Crippen molar-refractivity contribution in [3.05, 3.63) is 35.1 Å². The molecule has 2 heteroatoms. The van der Waals surface area contributed by atoms with Crippen LogP contribution in [-0.4, -0.2) is 13.1 Å². The molecule has 82 valence electrons. The Morgan fingerprint density at radius 3 is 2.87 bits per heavy atom. The van der Waals surface area contributed by atoms with Crippen molar-refractivity contribution in [2.75, 3.05) is 13.1 Å². The number of halogens is 1. The summed E-state index contributed by atoms with van der Waals surface area (Å²) in [5.74, 6) is 1.10. The molecule has 0 aromatic heterocycles. The Morgan fingerprint density at radius 1 is 1.40 bits per heavy atom. The molecule has 0 unspecified atom stereocenters. The highest BCUT2D eigenvalue weighted by Gasteiger charge is 2.23. The van der Waals surface area contributed by atoms with Gasteiger partial charge in [-0.15, -0.1) is 0 Å². The third-order valence-electron chi connectivity index (χ3n) is 3.42. The van der Waals surface area contributed by atoms with E-state index in [0.717, 1.165) is 25.1 Å². The first-order chi connectivity index (χ1) is 7.18. The maximum Gasteiger partial charge on any atom is 0.123 e. The number of aryl methyl sites for hydroxylation is 1. The van der Waals surface area contributed by atoms with Crippen LogP contribution in [-0.2, 0) is 0 Å². The molecule has 1 heterocycles. The summed E-state index contributed by atoms with van der Waals surface area (Å²) in [6.07, 6.45) is 1.16. The minimum absolute atomic E-state index is 0.127. The van der Waals surface area contributed by atoms with Crippen LogP contribution in [0.15, 0.2) is 18.2 Å². The van der Waals surface area contributed by atoms with Gasteiger partial charge in [0.15, 0.2) is 0 Å². The zero-order valence-corrected chi connectivity index (χ0v) is 9.39. The zero-order valence-electron chi connectivity index (χ0n) is 9.39. The Bertz CT molecular complexity index is 348. The lowest BCUT2D eigenvalue weighted by atomic mass is 9.80. The highest BCUT2D eigenvalue weighted by atomic mass is 19.1. The molecule has 1 aromatic carbocycles. The molecule has 1 nitrogen and oxygen atoms in total. The average Bonchev–Trinajstić information content (AvgIpc) is 2.20. The van der Waals surface area contributed by atoms with Gasteiger partial charge in [0.25, 0.3) is 0 Å². The first kappa shape index (κ1) is 10.6. The average molecular weight is 207 g/mol. The van der Waals surface area contributed by atoms with Crippen LogP contribution >= 0.6 is 0 Å². The fraction of sp³-hybridized carbons (Fsp3) is 0.538. The van der Waals surface area contributed by atoms with Gasteiger partial charge in [0, 0.05) is 0 Å². The predicted molar refractivity (Wildman–Crippen MR) is 60.5 cm³/mol. The molecular formula is C13H18FN. The molecule has 2 rings (SSSR count). The molecule has 1 N–H and O–H groups in total. The first-order valence-electron chi connectivity index (χ1n) is 5.65. The van der Waals surface area contributed by atoms with Gasteiger partial charge in [0.05, 0.1) is 0 Å². The summed E-state index contributed by atoms with van der Waals surface area (Å²) in [6, 6.07) is 5.18. The van der Waals surface area contributed by atoms with E-state index in [1.807, 2.05) is 13.0 Å². The quantitative estimate of drug-likeness (QED) is 0.746. The van der Waals surface area contributed by atoms with Gasteiger partial charge in [-0.05, 0) is 61.5 Å². The molecule has 0 radical (unpaired) electrons. The number of rotatable bonds is 1. The Labute approximate surface area is 90.7 Å². The van der Waals surface area contributed by atoms with Crippen LogP contribution < -0.4 is 5.32 Å². The summed E-state index contributed by atoms with van der Waals surface area (Å²) in [5, 5.41) is 3.39. The second kappa shape index (κ2) is 4.31. The van der Waals surface area contributed by atoms with E-state index in [0.29, 0.717) is 11.8 Å². The normalized spacial score (nSPS) is 26.6. The van der Waals surface area contributed by atoms with Gasteiger partial charge in [-0.25, -0.2) is 4.39 Å². The molecule has 0 spiro atoms. The molecule has 0 amide bonds. The van der Waals surface area contributed by atoms with Gasteiger partial charge in [-0.2, -0.15) is 0 Å². The maximum atomic E-state index is 13.0. The zero-order chi connectivity index (χ0) is 10.8. The van der Waals surface area contributed by atoms with E-state index < -0.39 is 0 Å². The van der Waals surface area contributed by atoms with Crippen LogP contribution in [0.1, 0.15) is 30.4 Å². The summed E-state index contributed by atoms with van der Waals surface area (Å²) in [6.45, 7) is 6.42. The summed E-state index contributed by atoms with van der Waals surface area (Å²) in [4.78, 5) is 0. The van der Waals surface area contributed by atoms with E-state index in [-0.39, 0.29) is 5.82 Å². The van der Waals surface area contributed by atoms with Crippen molar-refractivity contribution in [2.45, 2.75) is 26.2 Å². The van der Waals surface area contributed by atoms with Crippen molar-refractivity contribution in [1.29, 1.82) is 0 Å². The summed E-state index contributed by atoms with van der Waals surface area (Å²) in [7, 11) is 0. The fourth-order valence-corrected chi connectivity index (χ4v) is 2.53. The monoisotopic (exact) mass is 207 g/mol. The van der Waals surface area contributed by atoms with E-state index in [9.17, 15) is 4.39 Å². The molecule has 1 aliphatic heterocycles. The van der Waals surface area contributed by atoms with Gasteiger partial charge in [-0.3, -0.25) is 0 Å². The van der Waals surface area contributed by atoms with Gasteiger partial charge in [-0.1, -0.05) is 13.0 Å². The molecule has 0 saturated carbocycles.